The Morgan fingerprint density at radius 3 is 2.49 bits per heavy atom. The molecule has 1 spiro atoms. The number of aliphatic carboxylic acids is 1. The van der Waals surface area contributed by atoms with E-state index >= 15 is 4.79 Å². The van der Waals surface area contributed by atoms with E-state index in [0.29, 0.717) is 32.1 Å². The van der Waals surface area contributed by atoms with E-state index in [0.717, 1.165) is 12.0 Å². The predicted molar refractivity (Wildman–Crippen MR) is 220 cm³/mol. The average Bonchev–Trinajstić information content (AvgIpc) is 3.65. The van der Waals surface area contributed by atoms with Crippen molar-refractivity contribution in [1.29, 1.82) is 0 Å². The smallest absolute Gasteiger partial charge is 0.346 e. The van der Waals surface area contributed by atoms with E-state index in [1.54, 1.807) is 19.9 Å². The second-order valence-corrected chi connectivity index (χ2v) is 18.6. The molecule has 7 rings (SSSR count). The fraction of sp³-hybridized carbons (Fsp3) is 0.600. The van der Waals surface area contributed by atoms with Gasteiger partial charge < -0.3 is 39.8 Å². The summed E-state index contributed by atoms with van der Waals surface area (Å²) < 4.78 is 19.4. The van der Waals surface area contributed by atoms with Gasteiger partial charge in [0.15, 0.2) is 11.9 Å². The van der Waals surface area contributed by atoms with Gasteiger partial charge in [0.2, 0.25) is 5.78 Å². The number of nitrogens with one attached hydrogen (secondary N) is 2. The maximum Gasteiger partial charge on any atom is 0.346 e. The topological polar surface area (TPSA) is 184 Å². The van der Waals surface area contributed by atoms with Crippen molar-refractivity contribution < 1.29 is 48.7 Å². The molecule has 2 aliphatic heterocycles. The molecule has 1 aromatic rings. The summed E-state index contributed by atoms with van der Waals surface area (Å²) in [5.74, 6) is -4.71. The van der Waals surface area contributed by atoms with Crippen molar-refractivity contribution in [3.63, 3.8) is 0 Å². The maximum atomic E-state index is 15.2. The normalized spacial score (nSPS) is 39.7. The van der Waals surface area contributed by atoms with Crippen LogP contribution in [-0.4, -0.2) is 80.2 Å². The van der Waals surface area contributed by atoms with Crippen LogP contribution in [0.4, 0.5) is 0 Å². The van der Waals surface area contributed by atoms with Crippen LogP contribution in [0.5, 0.6) is 0 Å². The molecule has 14 heteroatoms. The second kappa shape index (κ2) is 16.3. The fourth-order valence-electron chi connectivity index (χ4n) is 11.4. The Balaban J connectivity index is 1.23. The molecule has 3 heterocycles. The molecule has 1 aromatic heterocycles. The first-order valence-electron chi connectivity index (χ1n) is 20.9. The number of Topliss-reactive ketones (excluding diaryl/α,β-unsaturated/α-hetero) is 1. The average molecular weight is 856 g/mol. The third kappa shape index (κ3) is 7.24. The van der Waals surface area contributed by atoms with Gasteiger partial charge >= 0.3 is 11.9 Å². The highest BCUT2D eigenvalue weighted by molar-refractivity contribution is 6.36. The summed E-state index contributed by atoms with van der Waals surface area (Å²) in [6.07, 6.45) is 12.3. The number of rotatable bonds is 7. The van der Waals surface area contributed by atoms with Crippen LogP contribution in [0, 0.1) is 40.4 Å². The lowest BCUT2D eigenvalue weighted by molar-refractivity contribution is -0.258. The number of carbonyl (C=O) groups excluding carboxylic acids is 3. The monoisotopic (exact) mass is 854 g/mol. The van der Waals surface area contributed by atoms with Crippen molar-refractivity contribution in [3.05, 3.63) is 80.9 Å². The van der Waals surface area contributed by atoms with E-state index in [1.165, 1.54) is 6.07 Å². The maximum absolute atomic E-state index is 15.2. The number of aromatic amines is 1. The van der Waals surface area contributed by atoms with Crippen LogP contribution in [-0.2, 0) is 28.6 Å². The van der Waals surface area contributed by atoms with Crippen molar-refractivity contribution in [3.8, 4) is 0 Å². The number of aliphatic hydroxyl groups is 2. The van der Waals surface area contributed by atoms with E-state index in [9.17, 15) is 29.7 Å². The van der Waals surface area contributed by atoms with Crippen molar-refractivity contribution in [2.75, 3.05) is 0 Å². The van der Waals surface area contributed by atoms with Crippen LogP contribution < -0.4 is 5.32 Å². The summed E-state index contributed by atoms with van der Waals surface area (Å²) in [6, 6.07) is 0.664. The minimum absolute atomic E-state index is 0.0225. The highest BCUT2D eigenvalue weighted by atomic mass is 35.5. The van der Waals surface area contributed by atoms with Crippen molar-refractivity contribution in [2.24, 2.45) is 40.4 Å². The minimum atomic E-state index is -1.75. The number of hydrogen-bond acceptors (Lipinski definition) is 9. The number of fused-ring (bicyclic) bond motifs is 4. The second-order valence-electron chi connectivity index (χ2n) is 17.8. The van der Waals surface area contributed by atoms with Gasteiger partial charge in [0, 0.05) is 29.7 Å². The molecule has 320 valence electrons. The van der Waals surface area contributed by atoms with Gasteiger partial charge in [-0.15, -0.1) is 0 Å². The van der Waals surface area contributed by atoms with E-state index in [-0.39, 0.29) is 69.3 Å². The number of halogens is 2. The summed E-state index contributed by atoms with van der Waals surface area (Å²) >= 11 is 12.2. The van der Waals surface area contributed by atoms with Gasteiger partial charge in [-0.05, 0) is 89.0 Å². The Kier molecular flexibility index (Phi) is 12.0. The molecule has 13 atom stereocenters. The third-order valence-corrected chi connectivity index (χ3v) is 14.9. The van der Waals surface area contributed by atoms with E-state index in [1.807, 2.05) is 26.8 Å². The van der Waals surface area contributed by atoms with Gasteiger partial charge in [-0.3, -0.25) is 9.59 Å². The Bertz CT molecular complexity index is 2040. The largest absolute Gasteiger partial charge is 0.511 e. The number of esters is 1. The Hall–Kier alpha value is -3.68. The molecule has 13 unspecified atom stereocenters. The first kappa shape index (κ1) is 43.4. The van der Waals surface area contributed by atoms with Crippen LogP contribution in [0.3, 0.4) is 0 Å². The SMILES string of the molecule is CCC1CC23OC(=O)C(=C(O)C4(CC)C(C=CC5C(OC6CC(O)C(NC(=O)c7[nH]c(Cl)cc7Cl)C(C)O6)C(C)CCC54)CC=CCC(C)=CC2(C)C=C1C(=O)O)C3=O. The summed E-state index contributed by atoms with van der Waals surface area (Å²) in [5, 5.41) is 37.6. The minimum Gasteiger partial charge on any atom is -0.511 e. The molecule has 2 saturated heterocycles. The van der Waals surface area contributed by atoms with Gasteiger partial charge in [0.05, 0.1) is 34.8 Å². The molecular weight excluding hydrogens is 799 g/mol. The van der Waals surface area contributed by atoms with Crippen LogP contribution in [0.1, 0.15) is 103 Å². The quantitative estimate of drug-likeness (QED) is 0.102. The number of hydrogen-bond donors (Lipinski definition) is 5. The number of amides is 1. The molecule has 4 aliphatic carbocycles. The predicted octanol–water partition coefficient (Wildman–Crippen LogP) is 7.97. The molecule has 2 bridgehead atoms. The molecule has 0 aromatic carbocycles. The van der Waals surface area contributed by atoms with E-state index in [2.05, 4.69) is 41.5 Å². The lowest BCUT2D eigenvalue weighted by Gasteiger charge is -2.55. The number of allylic oxidation sites excluding steroid dienone is 5. The molecule has 59 heavy (non-hydrogen) atoms. The zero-order chi connectivity index (χ0) is 42.8. The van der Waals surface area contributed by atoms with Gasteiger partial charge in [-0.25, -0.2) is 9.59 Å². The number of ether oxygens (including phenoxy) is 3. The van der Waals surface area contributed by atoms with Gasteiger partial charge in [-0.1, -0.05) is 86.0 Å². The van der Waals surface area contributed by atoms with Gasteiger partial charge in [0.25, 0.3) is 5.91 Å². The number of aromatic nitrogens is 1. The first-order chi connectivity index (χ1) is 27.9. The van der Waals surface area contributed by atoms with E-state index < -0.39 is 76.6 Å². The molecule has 3 fully saturated rings. The molecular formula is C45H56Cl2N2O10. The Morgan fingerprint density at radius 1 is 1.10 bits per heavy atom. The first-order valence-corrected chi connectivity index (χ1v) is 21.7. The number of carboxylic acid groups (broad SMARTS) is 1. The van der Waals surface area contributed by atoms with Crippen molar-refractivity contribution in [1.82, 2.24) is 10.3 Å². The molecule has 5 N–H and O–H groups in total. The molecule has 0 radical (unpaired) electrons. The number of aliphatic hydroxyl groups excluding tert-OH is 2. The molecule has 6 aliphatic rings. The van der Waals surface area contributed by atoms with Crippen LogP contribution >= 0.6 is 23.2 Å². The van der Waals surface area contributed by atoms with Crippen molar-refractivity contribution >= 4 is 46.8 Å². The lowest BCUT2D eigenvalue weighted by atomic mass is 9.51. The summed E-state index contributed by atoms with van der Waals surface area (Å²) in [7, 11) is 0. The zero-order valence-electron chi connectivity index (χ0n) is 34.4. The molecule has 1 amide bonds. The number of H-pyrrole nitrogens is 1. The molecule has 1 saturated carbocycles. The van der Waals surface area contributed by atoms with Gasteiger partial charge in [0.1, 0.15) is 22.2 Å². The summed E-state index contributed by atoms with van der Waals surface area (Å²) in [6.45, 7) is 11.4. The Labute approximate surface area is 355 Å². The molecule has 12 nitrogen and oxygen atoms in total. The highest BCUT2D eigenvalue weighted by Crippen LogP contribution is 2.61. The number of carbonyl (C=O) groups is 4. The van der Waals surface area contributed by atoms with Gasteiger partial charge in [-0.2, -0.15) is 0 Å². The number of carboxylic acids is 1. The zero-order valence-corrected chi connectivity index (χ0v) is 35.9. The van der Waals surface area contributed by atoms with E-state index in [4.69, 9.17) is 37.4 Å². The standard InChI is InChI=1S/C45H56Cl2N2O10/c1-7-25-20-45-39(52)34(42(56)59-45)38(51)44(8-2)26(12-10-9-11-22(3)19-43(45,6)21-28(25)41(54)55)14-15-27-29(44)16-13-23(4)37(27)58-33-18-31(50)35(24(5)57-33)49-40(53)36-30(46)17-32(47)48-36/h9-10,14-15,17,19,21,23-27,29,31,33,35,37,48,50-51H,7-8,11-13,16,18,20H2,1-6H3,(H,49,53)(H,54,55). The summed E-state index contributed by atoms with van der Waals surface area (Å²) in [5.41, 5.74) is -3.32. The number of ketones is 1. The summed E-state index contributed by atoms with van der Waals surface area (Å²) in [4.78, 5) is 57.7. The van der Waals surface area contributed by atoms with Crippen LogP contribution in [0.25, 0.3) is 0 Å². The fourth-order valence-corrected chi connectivity index (χ4v) is 11.9. The van der Waals surface area contributed by atoms with Crippen LogP contribution in [0.2, 0.25) is 10.2 Å². The third-order valence-electron chi connectivity index (χ3n) is 14.4. The van der Waals surface area contributed by atoms with Crippen LogP contribution in [0.15, 0.2) is 65.0 Å². The lowest BCUT2D eigenvalue weighted by Crippen LogP contribution is -2.58. The highest BCUT2D eigenvalue weighted by Gasteiger charge is 2.67. The van der Waals surface area contributed by atoms with Crippen molar-refractivity contribution in [2.45, 2.75) is 129 Å². The Morgan fingerprint density at radius 2 is 1.85 bits per heavy atom.